The fourth-order valence-corrected chi connectivity index (χ4v) is 4.66. The van der Waals surface area contributed by atoms with Gasteiger partial charge >= 0.3 is 0 Å². The number of carbonyl (C=O) groups is 1. The van der Waals surface area contributed by atoms with Crippen molar-refractivity contribution in [1.82, 2.24) is 5.32 Å². The van der Waals surface area contributed by atoms with Crippen LogP contribution in [0.3, 0.4) is 0 Å². The van der Waals surface area contributed by atoms with Crippen molar-refractivity contribution in [2.24, 2.45) is 0 Å². The average molecular weight is 457 g/mol. The Labute approximate surface area is 180 Å². The maximum Gasteiger partial charge on any atom is 0.241 e. The van der Waals surface area contributed by atoms with Crippen LogP contribution in [0.4, 0.5) is 5.69 Å². The van der Waals surface area contributed by atoms with Crippen LogP contribution in [0.1, 0.15) is 31.9 Å². The standard InChI is InChI=1S/C20H22Cl2N2O4S/c1-20(2)11-16(14-6-4-5-7-18(14)28-20)23-19(25)12-24(29(3,26)27)17-10-13(21)8-9-15(17)22/h4-10,16H,11-12H2,1-3H3,(H,23,25). The monoisotopic (exact) mass is 456 g/mol. The summed E-state index contributed by atoms with van der Waals surface area (Å²) in [5.41, 5.74) is 0.537. The highest BCUT2D eigenvalue weighted by atomic mass is 35.5. The SMILES string of the molecule is CC1(C)CC(NC(=O)CN(c2cc(Cl)ccc2Cl)S(C)(=O)=O)c2ccccc2O1. The lowest BCUT2D eigenvalue weighted by atomic mass is 9.89. The number of nitrogens with zero attached hydrogens (tertiary/aromatic N) is 1. The first-order chi connectivity index (χ1) is 13.5. The normalized spacial score (nSPS) is 17.8. The molecule has 1 N–H and O–H groups in total. The van der Waals surface area contributed by atoms with Gasteiger partial charge in [-0.15, -0.1) is 0 Å². The second-order valence-electron chi connectivity index (χ2n) is 7.59. The molecule has 0 fully saturated rings. The van der Waals surface area contributed by atoms with Crippen molar-refractivity contribution in [3.05, 3.63) is 58.1 Å². The molecule has 0 aromatic heterocycles. The Morgan fingerprint density at radius 3 is 2.62 bits per heavy atom. The van der Waals surface area contributed by atoms with E-state index in [1.807, 2.05) is 38.1 Å². The zero-order chi connectivity index (χ0) is 21.4. The molecule has 1 aliphatic heterocycles. The molecule has 6 nitrogen and oxygen atoms in total. The van der Waals surface area contributed by atoms with E-state index >= 15 is 0 Å². The van der Waals surface area contributed by atoms with Crippen molar-refractivity contribution in [3.63, 3.8) is 0 Å². The molecule has 2 aromatic carbocycles. The van der Waals surface area contributed by atoms with Crippen LogP contribution in [0.15, 0.2) is 42.5 Å². The highest BCUT2D eigenvalue weighted by Gasteiger charge is 2.35. The fourth-order valence-electron chi connectivity index (χ4n) is 3.36. The number of anilines is 1. The van der Waals surface area contributed by atoms with Crippen LogP contribution in [0, 0.1) is 0 Å². The summed E-state index contributed by atoms with van der Waals surface area (Å²) in [4.78, 5) is 12.8. The Bertz CT molecular complexity index is 1040. The zero-order valence-corrected chi connectivity index (χ0v) is 18.6. The van der Waals surface area contributed by atoms with Crippen LogP contribution in [-0.4, -0.2) is 32.7 Å². The second kappa shape index (κ2) is 8.05. The van der Waals surface area contributed by atoms with E-state index in [2.05, 4.69) is 5.32 Å². The van der Waals surface area contributed by atoms with Crippen molar-refractivity contribution in [2.45, 2.75) is 31.9 Å². The van der Waals surface area contributed by atoms with E-state index in [0.29, 0.717) is 17.2 Å². The number of nitrogens with one attached hydrogen (secondary N) is 1. The van der Waals surface area contributed by atoms with Gasteiger partial charge in [-0.3, -0.25) is 9.10 Å². The van der Waals surface area contributed by atoms with Gasteiger partial charge in [0.05, 0.1) is 23.0 Å². The maximum atomic E-state index is 12.8. The molecule has 1 amide bonds. The molecule has 156 valence electrons. The number of hydrogen-bond donors (Lipinski definition) is 1. The first-order valence-corrected chi connectivity index (χ1v) is 11.6. The van der Waals surface area contributed by atoms with Gasteiger partial charge in [-0.2, -0.15) is 0 Å². The molecule has 1 atom stereocenters. The van der Waals surface area contributed by atoms with E-state index in [1.54, 1.807) is 6.07 Å². The summed E-state index contributed by atoms with van der Waals surface area (Å²) >= 11 is 12.2. The van der Waals surface area contributed by atoms with Gasteiger partial charge in [-0.1, -0.05) is 41.4 Å². The van der Waals surface area contributed by atoms with Crippen molar-refractivity contribution in [3.8, 4) is 5.75 Å². The molecule has 9 heteroatoms. The molecule has 0 bridgehead atoms. The fraction of sp³-hybridized carbons (Fsp3) is 0.350. The highest BCUT2D eigenvalue weighted by molar-refractivity contribution is 7.92. The molecule has 0 saturated carbocycles. The van der Waals surface area contributed by atoms with Crippen LogP contribution in [0.25, 0.3) is 0 Å². The number of halogens is 2. The third-order valence-corrected chi connectivity index (χ3v) is 6.26. The number of sulfonamides is 1. The van der Waals surface area contributed by atoms with Gasteiger partial charge < -0.3 is 10.1 Å². The second-order valence-corrected chi connectivity index (χ2v) is 10.3. The minimum atomic E-state index is -3.77. The molecule has 0 saturated heterocycles. The van der Waals surface area contributed by atoms with Gasteiger partial charge in [-0.05, 0) is 38.1 Å². The Kier molecular flexibility index (Phi) is 6.03. The largest absolute Gasteiger partial charge is 0.487 e. The minimum absolute atomic E-state index is 0.157. The van der Waals surface area contributed by atoms with E-state index in [-0.39, 0.29) is 16.8 Å². The van der Waals surface area contributed by atoms with Crippen molar-refractivity contribution < 1.29 is 17.9 Å². The number of ether oxygens (including phenoxy) is 1. The average Bonchev–Trinajstić information content (AvgIpc) is 2.60. The van der Waals surface area contributed by atoms with Crippen molar-refractivity contribution in [2.75, 3.05) is 17.1 Å². The van der Waals surface area contributed by atoms with Gasteiger partial charge in [0, 0.05) is 17.0 Å². The summed E-state index contributed by atoms with van der Waals surface area (Å²) in [6.45, 7) is 3.46. The summed E-state index contributed by atoms with van der Waals surface area (Å²) in [7, 11) is -3.77. The first kappa shape index (κ1) is 21.7. The highest BCUT2D eigenvalue weighted by Crippen LogP contribution is 2.39. The molecule has 1 heterocycles. The Balaban J connectivity index is 1.86. The molecular formula is C20H22Cl2N2O4S. The molecular weight excluding hydrogens is 435 g/mol. The van der Waals surface area contributed by atoms with E-state index in [1.165, 1.54) is 12.1 Å². The molecule has 0 aliphatic carbocycles. The lowest BCUT2D eigenvalue weighted by Gasteiger charge is -2.38. The van der Waals surface area contributed by atoms with Gasteiger partial charge in [0.15, 0.2) is 0 Å². The lowest BCUT2D eigenvalue weighted by Crippen LogP contribution is -2.45. The number of rotatable bonds is 5. The summed E-state index contributed by atoms with van der Waals surface area (Å²) in [5, 5.41) is 3.44. The molecule has 1 unspecified atom stereocenters. The smallest absolute Gasteiger partial charge is 0.241 e. The first-order valence-electron chi connectivity index (χ1n) is 8.96. The number of carbonyl (C=O) groups excluding carboxylic acids is 1. The number of benzene rings is 2. The predicted octanol–water partition coefficient (Wildman–Crippen LogP) is 4.18. The molecule has 0 spiro atoms. The van der Waals surface area contributed by atoms with Crippen molar-refractivity contribution in [1.29, 1.82) is 0 Å². The molecule has 29 heavy (non-hydrogen) atoms. The summed E-state index contributed by atoms with van der Waals surface area (Å²) in [6.07, 6.45) is 1.57. The maximum absolute atomic E-state index is 12.8. The van der Waals surface area contributed by atoms with Crippen LogP contribution < -0.4 is 14.4 Å². The molecule has 1 aliphatic rings. The number of para-hydroxylation sites is 1. The van der Waals surface area contributed by atoms with Gasteiger partial charge in [0.25, 0.3) is 0 Å². The topological polar surface area (TPSA) is 75.7 Å². The van der Waals surface area contributed by atoms with Crippen LogP contribution >= 0.6 is 23.2 Å². The van der Waals surface area contributed by atoms with Crippen LogP contribution in [0.5, 0.6) is 5.75 Å². The van der Waals surface area contributed by atoms with Crippen LogP contribution in [0.2, 0.25) is 10.0 Å². The molecule has 0 radical (unpaired) electrons. The Morgan fingerprint density at radius 1 is 1.24 bits per heavy atom. The van der Waals surface area contributed by atoms with E-state index in [9.17, 15) is 13.2 Å². The number of amides is 1. The van der Waals surface area contributed by atoms with Crippen molar-refractivity contribution >= 4 is 44.8 Å². The summed E-state index contributed by atoms with van der Waals surface area (Å²) in [6, 6.07) is 11.6. The zero-order valence-electron chi connectivity index (χ0n) is 16.3. The van der Waals surface area contributed by atoms with E-state index in [0.717, 1.165) is 16.1 Å². The van der Waals surface area contributed by atoms with Gasteiger partial charge in [0.1, 0.15) is 17.9 Å². The third-order valence-electron chi connectivity index (χ3n) is 4.58. The minimum Gasteiger partial charge on any atom is -0.487 e. The van der Waals surface area contributed by atoms with Gasteiger partial charge in [0.2, 0.25) is 15.9 Å². The summed E-state index contributed by atoms with van der Waals surface area (Å²) < 4.78 is 31.6. The quantitative estimate of drug-likeness (QED) is 0.731. The predicted molar refractivity (Wildman–Crippen MR) is 115 cm³/mol. The number of fused-ring (bicyclic) bond motifs is 1. The lowest BCUT2D eigenvalue weighted by molar-refractivity contribution is -0.120. The molecule has 2 aromatic rings. The van der Waals surface area contributed by atoms with E-state index in [4.69, 9.17) is 27.9 Å². The van der Waals surface area contributed by atoms with E-state index < -0.39 is 28.1 Å². The molecule has 3 rings (SSSR count). The Hall–Kier alpha value is -1.96. The number of hydrogen-bond acceptors (Lipinski definition) is 4. The Morgan fingerprint density at radius 2 is 1.93 bits per heavy atom. The summed E-state index contributed by atoms with van der Waals surface area (Å²) in [5.74, 6) is 0.246. The van der Waals surface area contributed by atoms with Gasteiger partial charge in [-0.25, -0.2) is 8.42 Å². The third kappa shape index (κ3) is 5.15. The van der Waals surface area contributed by atoms with Crippen LogP contribution in [-0.2, 0) is 14.8 Å².